The van der Waals surface area contributed by atoms with Crippen molar-refractivity contribution < 1.29 is 4.79 Å². The quantitative estimate of drug-likeness (QED) is 0.667. The van der Waals surface area contributed by atoms with Gasteiger partial charge in [0.2, 0.25) is 5.91 Å². The summed E-state index contributed by atoms with van der Waals surface area (Å²) in [5.41, 5.74) is 0. The summed E-state index contributed by atoms with van der Waals surface area (Å²) < 4.78 is 0. The Hall–Kier alpha value is -0.570. The van der Waals surface area contributed by atoms with Crippen molar-refractivity contribution >= 4 is 5.91 Å². The van der Waals surface area contributed by atoms with Crippen molar-refractivity contribution in [2.75, 3.05) is 13.6 Å². The fraction of sp³-hybridized carbons (Fsp3) is 0.900. The summed E-state index contributed by atoms with van der Waals surface area (Å²) in [6, 6.07) is 0.427. The second-order valence-electron chi connectivity index (χ2n) is 4.19. The number of carbonyl (C=O) groups excluding carboxylic acids is 1. The number of hydrogen-bond donors (Lipinski definition) is 2. The first-order chi connectivity index (χ1) is 6.33. The van der Waals surface area contributed by atoms with Crippen LogP contribution in [0, 0.1) is 11.8 Å². The molecule has 0 bridgehead atoms. The third-order valence-corrected chi connectivity index (χ3v) is 3.52. The Labute approximate surface area is 79.3 Å². The van der Waals surface area contributed by atoms with E-state index in [1.54, 1.807) is 0 Å². The molecule has 0 aromatic rings. The van der Waals surface area contributed by atoms with Crippen LogP contribution in [0.2, 0.25) is 0 Å². The maximum absolute atomic E-state index is 11.5. The molecular weight excluding hydrogens is 164 g/mol. The van der Waals surface area contributed by atoms with Crippen LogP contribution >= 0.6 is 0 Å². The van der Waals surface area contributed by atoms with Crippen molar-refractivity contribution in [1.82, 2.24) is 10.6 Å². The summed E-state index contributed by atoms with van der Waals surface area (Å²) in [5, 5.41) is 6.22. The van der Waals surface area contributed by atoms with Crippen molar-refractivity contribution in [2.24, 2.45) is 11.8 Å². The molecule has 3 nitrogen and oxygen atoms in total. The second kappa shape index (κ2) is 3.66. The van der Waals surface area contributed by atoms with Gasteiger partial charge in [0.05, 0.1) is 5.92 Å². The van der Waals surface area contributed by atoms with E-state index in [2.05, 4.69) is 10.6 Å². The summed E-state index contributed by atoms with van der Waals surface area (Å²) >= 11 is 0. The fourth-order valence-electron chi connectivity index (χ4n) is 2.52. The van der Waals surface area contributed by atoms with Crippen LogP contribution in [0.4, 0.5) is 0 Å². The normalized spacial score (nSPS) is 31.2. The average Bonchev–Trinajstić information content (AvgIpc) is 2.43. The summed E-state index contributed by atoms with van der Waals surface area (Å²) in [4.78, 5) is 11.5. The monoisotopic (exact) mass is 182 g/mol. The fourth-order valence-corrected chi connectivity index (χ4v) is 2.52. The smallest absolute Gasteiger partial charge is 0.224 e. The molecule has 0 aromatic heterocycles. The van der Waals surface area contributed by atoms with Crippen LogP contribution in [0.5, 0.6) is 0 Å². The second-order valence-corrected chi connectivity index (χ2v) is 4.19. The van der Waals surface area contributed by atoms with Gasteiger partial charge in [-0.3, -0.25) is 4.79 Å². The van der Waals surface area contributed by atoms with Crippen LogP contribution in [0.15, 0.2) is 0 Å². The molecule has 74 valence electrons. The van der Waals surface area contributed by atoms with E-state index in [1.807, 2.05) is 7.05 Å². The Morgan fingerprint density at radius 3 is 2.62 bits per heavy atom. The van der Waals surface area contributed by atoms with Gasteiger partial charge in [0.25, 0.3) is 0 Å². The van der Waals surface area contributed by atoms with Gasteiger partial charge in [0.1, 0.15) is 0 Å². The van der Waals surface area contributed by atoms with Gasteiger partial charge >= 0.3 is 0 Å². The summed E-state index contributed by atoms with van der Waals surface area (Å²) in [5.74, 6) is 1.24. The van der Waals surface area contributed by atoms with Crippen LogP contribution in [-0.4, -0.2) is 25.5 Å². The summed E-state index contributed by atoms with van der Waals surface area (Å²) in [7, 11) is 1.98. The van der Waals surface area contributed by atoms with E-state index in [0.29, 0.717) is 6.04 Å². The van der Waals surface area contributed by atoms with Crippen LogP contribution in [0.25, 0.3) is 0 Å². The van der Waals surface area contributed by atoms with Crippen molar-refractivity contribution in [3.8, 4) is 0 Å². The minimum Gasteiger partial charge on any atom is -0.356 e. The van der Waals surface area contributed by atoms with Gasteiger partial charge in [0.15, 0.2) is 0 Å². The number of amides is 1. The molecule has 2 N–H and O–H groups in total. The molecule has 1 heterocycles. The van der Waals surface area contributed by atoms with E-state index < -0.39 is 0 Å². The number of rotatable bonds is 3. The molecule has 1 saturated carbocycles. The lowest BCUT2D eigenvalue weighted by Gasteiger charge is -2.36. The van der Waals surface area contributed by atoms with Crippen LogP contribution in [0.1, 0.15) is 25.7 Å². The first-order valence-corrected chi connectivity index (χ1v) is 5.28. The minimum absolute atomic E-state index is 0.232. The SMILES string of the molecule is CNC(C1CCC1)C1CCNC1=O. The first kappa shape index (κ1) is 9.00. The van der Waals surface area contributed by atoms with E-state index in [9.17, 15) is 4.79 Å². The van der Waals surface area contributed by atoms with E-state index in [4.69, 9.17) is 0 Å². The molecule has 1 amide bonds. The van der Waals surface area contributed by atoms with Gasteiger partial charge in [0, 0.05) is 12.6 Å². The molecule has 2 aliphatic rings. The zero-order valence-corrected chi connectivity index (χ0v) is 8.18. The molecule has 2 fully saturated rings. The topological polar surface area (TPSA) is 41.1 Å². The van der Waals surface area contributed by atoms with E-state index >= 15 is 0 Å². The minimum atomic E-state index is 0.232. The highest BCUT2D eigenvalue weighted by atomic mass is 16.2. The Balaban J connectivity index is 1.98. The standard InChI is InChI=1S/C10H18N2O/c1-11-9(7-3-2-4-7)8-5-6-12-10(8)13/h7-9,11H,2-6H2,1H3,(H,12,13). The number of carbonyl (C=O) groups is 1. The maximum atomic E-state index is 11.5. The Morgan fingerprint density at radius 2 is 2.23 bits per heavy atom. The van der Waals surface area contributed by atoms with Crippen LogP contribution in [-0.2, 0) is 4.79 Å². The maximum Gasteiger partial charge on any atom is 0.224 e. The van der Waals surface area contributed by atoms with Crippen LogP contribution in [0.3, 0.4) is 0 Å². The molecule has 2 atom stereocenters. The highest BCUT2D eigenvalue weighted by molar-refractivity contribution is 5.81. The molecule has 0 spiro atoms. The van der Waals surface area contributed by atoms with Crippen LogP contribution < -0.4 is 10.6 Å². The van der Waals surface area contributed by atoms with Gasteiger partial charge in [-0.15, -0.1) is 0 Å². The zero-order valence-electron chi connectivity index (χ0n) is 8.18. The molecule has 2 rings (SSSR count). The molecule has 0 aromatic carbocycles. The summed E-state index contributed by atoms with van der Waals surface area (Å²) in [6.07, 6.45) is 4.96. The average molecular weight is 182 g/mol. The largest absolute Gasteiger partial charge is 0.356 e. The first-order valence-electron chi connectivity index (χ1n) is 5.28. The third-order valence-electron chi connectivity index (χ3n) is 3.52. The predicted molar refractivity (Wildman–Crippen MR) is 51.3 cm³/mol. The molecule has 1 aliphatic heterocycles. The van der Waals surface area contributed by atoms with Gasteiger partial charge < -0.3 is 10.6 Å². The molecule has 2 unspecified atom stereocenters. The Bertz CT molecular complexity index is 201. The van der Waals surface area contributed by atoms with Gasteiger partial charge in [-0.25, -0.2) is 0 Å². The Morgan fingerprint density at radius 1 is 1.46 bits per heavy atom. The predicted octanol–water partition coefficient (Wildman–Crippen LogP) is 0.511. The van der Waals surface area contributed by atoms with Gasteiger partial charge in [-0.1, -0.05) is 6.42 Å². The van der Waals surface area contributed by atoms with Gasteiger partial charge in [-0.2, -0.15) is 0 Å². The molecular formula is C10H18N2O. The molecule has 1 saturated heterocycles. The highest BCUT2D eigenvalue weighted by Gasteiger charge is 2.37. The molecule has 1 aliphatic carbocycles. The lowest BCUT2D eigenvalue weighted by atomic mass is 9.74. The molecule has 3 heteroatoms. The van der Waals surface area contributed by atoms with Gasteiger partial charge in [-0.05, 0) is 32.2 Å². The number of hydrogen-bond acceptors (Lipinski definition) is 2. The van der Waals surface area contributed by atoms with E-state index in [1.165, 1.54) is 19.3 Å². The molecule has 0 radical (unpaired) electrons. The van der Waals surface area contributed by atoms with Crippen molar-refractivity contribution in [3.05, 3.63) is 0 Å². The lowest BCUT2D eigenvalue weighted by molar-refractivity contribution is -0.123. The Kier molecular flexibility index (Phi) is 2.54. The number of nitrogens with one attached hydrogen (secondary N) is 2. The third kappa shape index (κ3) is 1.57. The zero-order chi connectivity index (χ0) is 9.26. The molecule has 13 heavy (non-hydrogen) atoms. The van der Waals surface area contributed by atoms with Crippen molar-refractivity contribution in [2.45, 2.75) is 31.7 Å². The van der Waals surface area contributed by atoms with Crippen molar-refractivity contribution in [3.63, 3.8) is 0 Å². The summed E-state index contributed by atoms with van der Waals surface area (Å²) in [6.45, 7) is 0.869. The van der Waals surface area contributed by atoms with E-state index in [0.717, 1.165) is 18.9 Å². The highest BCUT2D eigenvalue weighted by Crippen LogP contribution is 2.34. The van der Waals surface area contributed by atoms with Crippen molar-refractivity contribution in [1.29, 1.82) is 0 Å². The lowest BCUT2D eigenvalue weighted by Crippen LogP contribution is -2.45. The van der Waals surface area contributed by atoms with E-state index in [-0.39, 0.29) is 11.8 Å².